The molecular formula is C7H3F3. The second-order valence-corrected chi connectivity index (χ2v) is 2.30. The van der Waals surface area contributed by atoms with Gasteiger partial charge < -0.3 is 0 Å². The van der Waals surface area contributed by atoms with Crippen LogP contribution in [0.5, 0.6) is 0 Å². The predicted octanol–water partition coefficient (Wildman–Crippen LogP) is 2.69. The van der Waals surface area contributed by atoms with Crippen LogP contribution >= 0.6 is 0 Å². The van der Waals surface area contributed by atoms with Crippen molar-refractivity contribution >= 4 is 0 Å². The topological polar surface area (TPSA) is 0 Å². The molecule has 0 radical (unpaired) electrons. The molecule has 0 saturated carbocycles. The van der Waals surface area contributed by atoms with Crippen molar-refractivity contribution in [3.8, 4) is 11.1 Å². The van der Waals surface area contributed by atoms with Gasteiger partial charge in [-0.05, 0) is 29.3 Å². The first kappa shape index (κ1) is 5.77. The molecular weight excluding hydrogens is 141 g/mol. The van der Waals surface area contributed by atoms with Gasteiger partial charge in [-0.1, -0.05) is 0 Å². The molecule has 0 saturated heterocycles. The minimum absolute atomic E-state index is 0.528. The van der Waals surface area contributed by atoms with E-state index in [0.29, 0.717) is 0 Å². The Bertz CT molecular complexity index is 265. The van der Waals surface area contributed by atoms with E-state index in [2.05, 4.69) is 0 Å². The zero-order chi connectivity index (χ0) is 7.35. The predicted molar refractivity (Wildman–Crippen MR) is 30.4 cm³/mol. The molecule has 0 fully saturated rings. The molecule has 0 unspecified atom stereocenters. The second kappa shape index (κ2) is 1.36. The Kier molecular flexibility index (Phi) is 0.785. The smallest absolute Gasteiger partial charge is 0.166 e. The lowest BCUT2D eigenvalue weighted by atomic mass is 10.3. The molecule has 2 aliphatic rings. The normalized spacial score (nSPS) is 13.5. The number of fused-ring (bicyclic) bond motifs is 1. The molecule has 0 spiro atoms. The molecule has 52 valence electrons. The lowest BCUT2D eigenvalue weighted by Gasteiger charge is -2.00. The number of rotatable bonds is 0. The third-order valence-electron chi connectivity index (χ3n) is 1.51. The van der Waals surface area contributed by atoms with E-state index in [1.54, 1.807) is 6.07 Å². The van der Waals surface area contributed by atoms with Gasteiger partial charge in [-0.25, -0.2) is 0 Å². The Morgan fingerprint density at radius 3 is 1.70 bits per heavy atom. The molecule has 10 heavy (non-hydrogen) atoms. The molecule has 0 aromatic rings. The third kappa shape index (κ3) is 0.701. The van der Waals surface area contributed by atoms with Crippen LogP contribution in [-0.2, 0) is 6.18 Å². The lowest BCUT2D eigenvalue weighted by molar-refractivity contribution is -0.137. The molecule has 2 rings (SSSR count). The number of hydrogen-bond acceptors (Lipinski definition) is 0. The van der Waals surface area contributed by atoms with Gasteiger partial charge in [0.05, 0.1) is 5.56 Å². The van der Waals surface area contributed by atoms with E-state index < -0.39 is 11.7 Å². The van der Waals surface area contributed by atoms with E-state index in [9.17, 15) is 13.2 Å². The van der Waals surface area contributed by atoms with Crippen molar-refractivity contribution < 1.29 is 13.2 Å². The highest BCUT2D eigenvalue weighted by molar-refractivity contribution is 5.82. The number of benzene rings is 1. The SMILES string of the molecule is FC(F)(F)c1cc2cc-2c1. The van der Waals surface area contributed by atoms with Crippen LogP contribution in [0.2, 0.25) is 0 Å². The molecule has 0 atom stereocenters. The lowest BCUT2D eigenvalue weighted by Crippen LogP contribution is -2.01. The van der Waals surface area contributed by atoms with Gasteiger partial charge in [-0.2, -0.15) is 13.2 Å². The summed E-state index contributed by atoms with van der Waals surface area (Å²) in [5, 5.41) is 0. The highest BCUT2D eigenvalue weighted by atomic mass is 19.4. The zero-order valence-electron chi connectivity index (χ0n) is 4.87. The van der Waals surface area contributed by atoms with Crippen molar-refractivity contribution in [2.45, 2.75) is 6.18 Å². The first-order valence-electron chi connectivity index (χ1n) is 2.80. The van der Waals surface area contributed by atoms with E-state index in [4.69, 9.17) is 0 Å². The Hall–Kier alpha value is -0.990. The highest BCUT2D eigenvalue weighted by Crippen LogP contribution is 2.42. The van der Waals surface area contributed by atoms with Crippen LogP contribution in [0.3, 0.4) is 0 Å². The maximum absolute atomic E-state index is 11.8. The molecule has 0 heterocycles. The van der Waals surface area contributed by atoms with E-state index >= 15 is 0 Å². The van der Waals surface area contributed by atoms with Crippen LogP contribution in [0.25, 0.3) is 11.1 Å². The largest absolute Gasteiger partial charge is 0.416 e. The maximum Gasteiger partial charge on any atom is 0.416 e. The second-order valence-electron chi connectivity index (χ2n) is 2.30. The monoisotopic (exact) mass is 144 g/mol. The average Bonchev–Trinajstić information content (AvgIpc) is 2.38. The molecule has 0 N–H and O–H groups in total. The van der Waals surface area contributed by atoms with Gasteiger partial charge in [0.1, 0.15) is 0 Å². The van der Waals surface area contributed by atoms with Crippen LogP contribution < -0.4 is 0 Å². The summed E-state index contributed by atoms with van der Waals surface area (Å²) in [6, 6.07) is 4.04. The molecule has 3 heteroatoms. The first-order chi connectivity index (χ1) is 4.57. The van der Waals surface area contributed by atoms with Crippen molar-refractivity contribution in [1.82, 2.24) is 0 Å². The van der Waals surface area contributed by atoms with E-state index in [1.165, 1.54) is 0 Å². The van der Waals surface area contributed by atoms with Crippen LogP contribution in [0, 0.1) is 0 Å². The van der Waals surface area contributed by atoms with Gasteiger partial charge >= 0.3 is 6.18 Å². The number of halogens is 3. The van der Waals surface area contributed by atoms with E-state index in [1.807, 2.05) is 0 Å². The molecule has 0 aromatic carbocycles. The molecule has 0 aromatic heterocycles. The van der Waals surface area contributed by atoms with E-state index in [0.717, 1.165) is 23.3 Å². The van der Waals surface area contributed by atoms with Gasteiger partial charge in [0.25, 0.3) is 0 Å². The zero-order valence-corrected chi connectivity index (χ0v) is 4.87. The summed E-state index contributed by atoms with van der Waals surface area (Å²) in [6.07, 6.45) is -4.17. The molecule has 2 aliphatic carbocycles. The average molecular weight is 144 g/mol. The standard InChI is InChI=1S/C7H3F3/c8-7(9,10)6-2-4-1-5(4)3-6/h1-3H. The minimum atomic E-state index is -4.17. The van der Waals surface area contributed by atoms with Crippen molar-refractivity contribution in [2.75, 3.05) is 0 Å². The number of alkyl halides is 3. The number of hydrogen-bond donors (Lipinski definition) is 0. The van der Waals surface area contributed by atoms with Crippen LogP contribution in [0.15, 0.2) is 18.2 Å². The Morgan fingerprint density at radius 2 is 1.40 bits per heavy atom. The van der Waals surface area contributed by atoms with Crippen molar-refractivity contribution in [1.29, 1.82) is 0 Å². The van der Waals surface area contributed by atoms with Crippen molar-refractivity contribution in [3.05, 3.63) is 23.8 Å². The summed E-state index contributed by atoms with van der Waals surface area (Å²) < 4.78 is 35.4. The summed E-state index contributed by atoms with van der Waals surface area (Å²) in [6.45, 7) is 0. The fraction of sp³-hybridized carbons (Fsp3) is 0.143. The summed E-state index contributed by atoms with van der Waals surface area (Å²) in [4.78, 5) is 0. The van der Waals surface area contributed by atoms with Crippen molar-refractivity contribution in [3.63, 3.8) is 0 Å². The van der Waals surface area contributed by atoms with Gasteiger partial charge in [-0.3, -0.25) is 0 Å². The van der Waals surface area contributed by atoms with Crippen LogP contribution in [0.1, 0.15) is 5.56 Å². The van der Waals surface area contributed by atoms with Gasteiger partial charge in [0.15, 0.2) is 0 Å². The fourth-order valence-electron chi connectivity index (χ4n) is 0.922. The fourth-order valence-corrected chi connectivity index (χ4v) is 0.922. The van der Waals surface area contributed by atoms with Gasteiger partial charge in [0.2, 0.25) is 0 Å². The third-order valence-corrected chi connectivity index (χ3v) is 1.51. The molecule has 0 amide bonds. The minimum Gasteiger partial charge on any atom is -0.166 e. The van der Waals surface area contributed by atoms with Crippen LogP contribution in [-0.4, -0.2) is 0 Å². The Labute approximate surface area is 55.3 Å². The first-order valence-corrected chi connectivity index (χ1v) is 2.80. The molecule has 0 aliphatic heterocycles. The van der Waals surface area contributed by atoms with Crippen LogP contribution in [0.4, 0.5) is 13.2 Å². The van der Waals surface area contributed by atoms with Gasteiger partial charge in [0, 0.05) is 0 Å². The van der Waals surface area contributed by atoms with Gasteiger partial charge in [-0.15, -0.1) is 0 Å². The van der Waals surface area contributed by atoms with Crippen molar-refractivity contribution in [2.24, 2.45) is 0 Å². The maximum atomic E-state index is 11.8. The molecule has 0 nitrogen and oxygen atoms in total. The summed E-state index contributed by atoms with van der Waals surface area (Å²) in [5.74, 6) is 0. The summed E-state index contributed by atoms with van der Waals surface area (Å²) >= 11 is 0. The highest BCUT2D eigenvalue weighted by Gasteiger charge is 2.34. The quantitative estimate of drug-likeness (QED) is 0.533. The van der Waals surface area contributed by atoms with E-state index in [-0.39, 0.29) is 0 Å². The Balaban J connectivity index is 2.41. The molecule has 0 bridgehead atoms. The summed E-state index contributed by atoms with van der Waals surface area (Å²) in [5.41, 5.74) is 0.930. The summed E-state index contributed by atoms with van der Waals surface area (Å²) in [7, 11) is 0. The Morgan fingerprint density at radius 1 is 0.900 bits per heavy atom.